The summed E-state index contributed by atoms with van der Waals surface area (Å²) >= 11 is 0. The van der Waals surface area contributed by atoms with E-state index in [4.69, 9.17) is 10.9 Å². The summed E-state index contributed by atoms with van der Waals surface area (Å²) in [6, 6.07) is 0. The molecule has 0 aromatic heterocycles. The molecule has 0 aliphatic rings. The van der Waals surface area contributed by atoms with Crippen molar-refractivity contribution >= 4 is 24.0 Å². The minimum Gasteiger partial charge on any atom is -0.481 e. The van der Waals surface area contributed by atoms with E-state index in [-0.39, 0.29) is 17.7 Å². The number of unbranched alkanes of at least 4 members (excludes halogenated alkanes) is 8. The lowest BCUT2D eigenvalue weighted by Crippen LogP contribution is -2.29. The Hall–Kier alpha value is -1.96. The number of carbonyl (C=O) groups is 3. The van der Waals surface area contributed by atoms with Crippen LogP contribution in [-0.2, 0) is 14.4 Å². The van der Waals surface area contributed by atoms with Crippen molar-refractivity contribution in [3.63, 3.8) is 0 Å². The van der Waals surface area contributed by atoms with Crippen LogP contribution in [0.1, 0.15) is 90.4 Å². The van der Waals surface area contributed by atoms with Crippen molar-refractivity contribution in [2.45, 2.75) is 90.4 Å². The Morgan fingerprint density at radius 1 is 0.926 bits per heavy atom. The van der Waals surface area contributed by atoms with Crippen molar-refractivity contribution in [1.82, 2.24) is 10.9 Å². The number of nitrogens with two attached hydrogens (primary N) is 1. The number of rotatable bonds is 17. The van der Waals surface area contributed by atoms with Gasteiger partial charge in [-0.3, -0.25) is 19.8 Å². The minimum absolute atomic E-state index is 0.0684. The highest BCUT2D eigenvalue weighted by Crippen LogP contribution is 2.10. The number of carbonyl (C=O) groups excluding carboxylic acids is 2. The Morgan fingerprint density at radius 3 is 2.07 bits per heavy atom. The van der Waals surface area contributed by atoms with Gasteiger partial charge in [-0.1, -0.05) is 45.4 Å². The van der Waals surface area contributed by atoms with E-state index >= 15 is 0 Å². The summed E-state index contributed by atoms with van der Waals surface area (Å²) in [5, 5.41) is 12.7. The van der Waals surface area contributed by atoms with E-state index in [2.05, 4.69) is 16.0 Å². The summed E-state index contributed by atoms with van der Waals surface area (Å²) in [6.45, 7) is 1.72. The van der Waals surface area contributed by atoms with Crippen LogP contribution in [0.25, 0.3) is 0 Å². The largest absolute Gasteiger partial charge is 0.481 e. The van der Waals surface area contributed by atoms with Crippen molar-refractivity contribution in [3.8, 4) is 0 Å². The molecule has 0 aliphatic carbocycles. The summed E-state index contributed by atoms with van der Waals surface area (Å²) < 4.78 is 0. The topological polar surface area (TPSA) is 134 Å². The van der Waals surface area contributed by atoms with Crippen LogP contribution in [0.4, 0.5) is 0 Å². The van der Waals surface area contributed by atoms with E-state index in [0.29, 0.717) is 19.3 Å². The lowest BCUT2D eigenvalue weighted by atomic mass is 10.0. The highest BCUT2D eigenvalue weighted by Gasteiger charge is 2.09. The molecule has 0 aromatic rings. The summed E-state index contributed by atoms with van der Waals surface area (Å²) in [5.41, 5.74) is 4.65. The lowest BCUT2D eigenvalue weighted by Gasteiger charge is -2.04. The molecule has 8 nitrogen and oxygen atoms in total. The molecule has 0 radical (unpaired) electrons. The van der Waals surface area contributed by atoms with Gasteiger partial charge in [-0.2, -0.15) is 5.10 Å². The van der Waals surface area contributed by atoms with Gasteiger partial charge in [0.25, 0.3) is 0 Å². The van der Waals surface area contributed by atoms with E-state index in [9.17, 15) is 14.4 Å². The van der Waals surface area contributed by atoms with Gasteiger partial charge in [0.05, 0.1) is 5.92 Å². The minimum atomic E-state index is -0.740. The predicted octanol–water partition coefficient (Wildman–Crippen LogP) is 2.87. The van der Waals surface area contributed by atoms with Crippen LogP contribution in [-0.4, -0.2) is 29.1 Å². The van der Waals surface area contributed by atoms with Crippen LogP contribution in [0, 0.1) is 5.92 Å². The standard InChI is InChI=1S/C19H36N4O4/c1-16(19(26)27)12-8-6-7-11-15-21-23-18(25)14-10-5-3-2-4-9-13-17(24)22-20/h15-16H,2-14,20H2,1H3,(H,22,24)(H,23,25)(H,26,27). The zero-order chi connectivity index (χ0) is 20.3. The first-order valence-electron chi connectivity index (χ1n) is 10.00. The second-order valence-corrected chi connectivity index (χ2v) is 6.91. The molecule has 8 heteroatoms. The summed E-state index contributed by atoms with van der Waals surface area (Å²) in [6.07, 6.45) is 12.7. The summed E-state index contributed by atoms with van der Waals surface area (Å²) in [7, 11) is 0. The van der Waals surface area contributed by atoms with Crippen molar-refractivity contribution in [1.29, 1.82) is 0 Å². The van der Waals surface area contributed by atoms with Gasteiger partial charge < -0.3 is 5.11 Å². The molecule has 0 rings (SSSR count). The molecule has 1 atom stereocenters. The number of carboxylic acid groups (broad SMARTS) is 1. The number of aliphatic carboxylic acids is 1. The number of amides is 2. The van der Waals surface area contributed by atoms with Gasteiger partial charge in [-0.15, -0.1) is 0 Å². The number of hydrazone groups is 1. The highest BCUT2D eigenvalue weighted by molar-refractivity contribution is 5.76. The molecule has 0 spiro atoms. The van der Waals surface area contributed by atoms with Gasteiger partial charge in [0.2, 0.25) is 11.8 Å². The highest BCUT2D eigenvalue weighted by atomic mass is 16.4. The van der Waals surface area contributed by atoms with Crippen molar-refractivity contribution in [2.75, 3.05) is 0 Å². The zero-order valence-electron chi connectivity index (χ0n) is 16.5. The third-order valence-corrected chi connectivity index (χ3v) is 4.39. The van der Waals surface area contributed by atoms with Crippen LogP contribution < -0.4 is 16.7 Å². The predicted molar refractivity (Wildman–Crippen MR) is 106 cm³/mol. The normalized spacial score (nSPS) is 12.1. The van der Waals surface area contributed by atoms with E-state index < -0.39 is 5.97 Å². The quantitative estimate of drug-likeness (QED) is 0.101. The molecule has 2 amide bonds. The van der Waals surface area contributed by atoms with Crippen molar-refractivity contribution in [3.05, 3.63) is 0 Å². The first-order chi connectivity index (χ1) is 13.0. The first-order valence-corrected chi connectivity index (χ1v) is 10.00. The molecule has 1 unspecified atom stereocenters. The monoisotopic (exact) mass is 384 g/mol. The molecule has 0 aliphatic heterocycles. The van der Waals surface area contributed by atoms with Crippen LogP contribution in [0.3, 0.4) is 0 Å². The number of hydrazine groups is 1. The number of nitrogens with zero attached hydrogens (tertiary/aromatic N) is 1. The van der Waals surface area contributed by atoms with E-state index in [1.165, 1.54) is 0 Å². The SMILES string of the molecule is CC(CCCCCC=NNC(=O)CCCCCCCCC(=O)NN)C(=O)O. The maximum Gasteiger partial charge on any atom is 0.306 e. The van der Waals surface area contributed by atoms with Crippen LogP contribution >= 0.6 is 0 Å². The van der Waals surface area contributed by atoms with Gasteiger partial charge in [0.1, 0.15) is 0 Å². The Balaban J connectivity index is 3.39. The second-order valence-electron chi connectivity index (χ2n) is 6.91. The van der Waals surface area contributed by atoms with Crippen LogP contribution in [0.5, 0.6) is 0 Å². The smallest absolute Gasteiger partial charge is 0.306 e. The van der Waals surface area contributed by atoms with Gasteiger partial charge in [-0.25, -0.2) is 11.3 Å². The second kappa shape index (κ2) is 17.5. The molecule has 0 saturated carbocycles. The maximum atomic E-state index is 11.6. The fraction of sp³-hybridized carbons (Fsp3) is 0.789. The Bertz CT molecular complexity index is 455. The fourth-order valence-electron chi connectivity index (χ4n) is 2.57. The van der Waals surface area contributed by atoms with Crippen LogP contribution in [0.15, 0.2) is 5.10 Å². The lowest BCUT2D eigenvalue weighted by molar-refractivity contribution is -0.141. The fourth-order valence-corrected chi connectivity index (χ4v) is 2.57. The third kappa shape index (κ3) is 17.2. The molecule has 0 fully saturated rings. The Labute approximate surface area is 162 Å². The molecule has 156 valence electrons. The Kier molecular flexibility index (Phi) is 16.2. The molecule has 5 N–H and O–H groups in total. The first kappa shape index (κ1) is 25.0. The van der Waals surface area contributed by atoms with Gasteiger partial charge >= 0.3 is 5.97 Å². The van der Waals surface area contributed by atoms with Gasteiger partial charge in [-0.05, 0) is 32.1 Å². The number of hydrogen-bond donors (Lipinski definition) is 4. The van der Waals surface area contributed by atoms with E-state index in [0.717, 1.165) is 64.2 Å². The Morgan fingerprint density at radius 2 is 1.48 bits per heavy atom. The van der Waals surface area contributed by atoms with Gasteiger partial charge in [0, 0.05) is 19.1 Å². The zero-order valence-corrected chi connectivity index (χ0v) is 16.5. The van der Waals surface area contributed by atoms with Crippen molar-refractivity contribution < 1.29 is 19.5 Å². The number of nitrogens with one attached hydrogen (secondary N) is 2. The molecular formula is C19H36N4O4. The van der Waals surface area contributed by atoms with E-state index in [1.807, 2.05) is 0 Å². The van der Waals surface area contributed by atoms with Crippen molar-refractivity contribution in [2.24, 2.45) is 16.9 Å². The average Bonchev–Trinajstić information content (AvgIpc) is 2.65. The van der Waals surface area contributed by atoms with Crippen LogP contribution in [0.2, 0.25) is 0 Å². The maximum absolute atomic E-state index is 11.6. The average molecular weight is 385 g/mol. The van der Waals surface area contributed by atoms with E-state index in [1.54, 1.807) is 13.1 Å². The summed E-state index contributed by atoms with van der Waals surface area (Å²) in [4.78, 5) is 33.2. The number of hydrogen-bond acceptors (Lipinski definition) is 5. The molecular weight excluding hydrogens is 348 g/mol. The van der Waals surface area contributed by atoms with Gasteiger partial charge in [0.15, 0.2) is 0 Å². The molecule has 0 bridgehead atoms. The molecule has 0 heterocycles. The molecule has 27 heavy (non-hydrogen) atoms. The third-order valence-electron chi connectivity index (χ3n) is 4.39. The molecule has 0 aromatic carbocycles. The number of carboxylic acids is 1. The summed E-state index contributed by atoms with van der Waals surface area (Å²) in [5.74, 6) is 3.79. The molecule has 0 saturated heterocycles.